The zero-order chi connectivity index (χ0) is 36.0. The standard InChI is InChI=1S/C40H75NO8/c1-3-5-7-9-11-13-15-17-19-21-23-25-27-29-34(43)33(32-48-40-39(47)38(46)37(45)35(31-42)49-40)41-36(44)30-28-26-24-22-20-18-16-14-12-10-8-6-4-2/h18,20,27,29,33-35,37-40,42-43,45-47H,3-17,19,21-26,28,30-32H2,1-2H3,(H,41,44)/b20-18-,29-27+. The third-order valence-corrected chi connectivity index (χ3v) is 9.52. The first-order chi connectivity index (χ1) is 23.8. The second kappa shape index (κ2) is 31.4. The smallest absolute Gasteiger partial charge is 0.220 e. The van der Waals surface area contributed by atoms with Gasteiger partial charge in [0.05, 0.1) is 25.4 Å². The molecule has 1 aliphatic heterocycles. The summed E-state index contributed by atoms with van der Waals surface area (Å²) in [5.41, 5.74) is 0. The molecule has 1 fully saturated rings. The predicted molar refractivity (Wildman–Crippen MR) is 198 cm³/mol. The molecule has 1 aliphatic rings. The number of ether oxygens (including phenoxy) is 2. The molecule has 9 nitrogen and oxygen atoms in total. The number of allylic oxidation sites excluding steroid dienone is 3. The van der Waals surface area contributed by atoms with Crippen molar-refractivity contribution in [2.24, 2.45) is 0 Å². The minimum absolute atomic E-state index is 0.193. The molecule has 0 saturated carbocycles. The number of aliphatic hydroxyl groups is 5. The van der Waals surface area contributed by atoms with Crippen molar-refractivity contribution in [3.05, 3.63) is 24.3 Å². The Bertz CT molecular complexity index is 822. The lowest BCUT2D eigenvalue weighted by molar-refractivity contribution is -0.302. The molecule has 0 radical (unpaired) electrons. The van der Waals surface area contributed by atoms with Gasteiger partial charge in [0.1, 0.15) is 24.4 Å². The van der Waals surface area contributed by atoms with Gasteiger partial charge in [-0.25, -0.2) is 0 Å². The Morgan fingerprint density at radius 2 is 1.14 bits per heavy atom. The maximum atomic E-state index is 12.9. The van der Waals surface area contributed by atoms with E-state index in [1.165, 1.54) is 96.3 Å². The summed E-state index contributed by atoms with van der Waals surface area (Å²) in [7, 11) is 0. The van der Waals surface area contributed by atoms with E-state index in [0.717, 1.165) is 51.4 Å². The predicted octanol–water partition coefficient (Wildman–Crippen LogP) is 7.16. The Labute approximate surface area is 298 Å². The van der Waals surface area contributed by atoms with Gasteiger partial charge in [0.15, 0.2) is 6.29 Å². The Balaban J connectivity index is 2.46. The molecule has 9 heteroatoms. The largest absolute Gasteiger partial charge is 0.394 e. The summed E-state index contributed by atoms with van der Waals surface area (Å²) in [5.74, 6) is -0.196. The Morgan fingerprint density at radius 3 is 1.65 bits per heavy atom. The van der Waals surface area contributed by atoms with Gasteiger partial charge in [-0.2, -0.15) is 0 Å². The van der Waals surface area contributed by atoms with Crippen LogP contribution in [0.2, 0.25) is 0 Å². The zero-order valence-corrected chi connectivity index (χ0v) is 31.2. The first-order valence-electron chi connectivity index (χ1n) is 20.1. The third-order valence-electron chi connectivity index (χ3n) is 9.52. The molecule has 0 aromatic carbocycles. The van der Waals surface area contributed by atoms with Crippen LogP contribution in [0.25, 0.3) is 0 Å². The van der Waals surface area contributed by atoms with E-state index in [2.05, 4.69) is 31.3 Å². The summed E-state index contributed by atoms with van der Waals surface area (Å²) in [6, 6.07) is -0.807. The highest BCUT2D eigenvalue weighted by Gasteiger charge is 2.44. The van der Waals surface area contributed by atoms with Crippen LogP contribution >= 0.6 is 0 Å². The number of unbranched alkanes of at least 4 members (excludes halogenated alkanes) is 20. The van der Waals surface area contributed by atoms with Gasteiger partial charge in [-0.15, -0.1) is 0 Å². The van der Waals surface area contributed by atoms with E-state index in [1.54, 1.807) is 6.08 Å². The molecule has 6 N–H and O–H groups in total. The molecule has 0 aliphatic carbocycles. The molecule has 0 bridgehead atoms. The van der Waals surface area contributed by atoms with E-state index in [4.69, 9.17) is 9.47 Å². The zero-order valence-electron chi connectivity index (χ0n) is 31.2. The molecule has 1 rings (SSSR count). The quantitative estimate of drug-likeness (QED) is 0.0320. The number of carbonyl (C=O) groups excluding carboxylic acids is 1. The molecule has 288 valence electrons. The fourth-order valence-electron chi connectivity index (χ4n) is 6.21. The van der Waals surface area contributed by atoms with Crippen LogP contribution in [-0.2, 0) is 14.3 Å². The monoisotopic (exact) mass is 698 g/mol. The van der Waals surface area contributed by atoms with Gasteiger partial charge in [0.2, 0.25) is 5.91 Å². The molecule has 0 aromatic rings. The van der Waals surface area contributed by atoms with Crippen LogP contribution < -0.4 is 5.32 Å². The van der Waals surface area contributed by atoms with Gasteiger partial charge in [0.25, 0.3) is 0 Å². The van der Waals surface area contributed by atoms with Crippen molar-refractivity contribution in [2.45, 2.75) is 211 Å². The fraction of sp³-hybridized carbons (Fsp3) is 0.875. The van der Waals surface area contributed by atoms with Crippen LogP contribution in [-0.4, -0.2) is 87.5 Å². The number of hydrogen-bond donors (Lipinski definition) is 6. The Kier molecular flexibility index (Phi) is 29.3. The maximum Gasteiger partial charge on any atom is 0.220 e. The van der Waals surface area contributed by atoms with Crippen LogP contribution in [0.5, 0.6) is 0 Å². The molecule has 49 heavy (non-hydrogen) atoms. The van der Waals surface area contributed by atoms with Gasteiger partial charge >= 0.3 is 0 Å². The average molecular weight is 698 g/mol. The highest BCUT2D eigenvalue weighted by molar-refractivity contribution is 5.76. The highest BCUT2D eigenvalue weighted by Crippen LogP contribution is 2.22. The normalized spacial score (nSPS) is 22.6. The summed E-state index contributed by atoms with van der Waals surface area (Å²) in [6.45, 7) is 3.73. The van der Waals surface area contributed by atoms with Gasteiger partial charge in [0, 0.05) is 6.42 Å². The maximum absolute atomic E-state index is 12.9. The highest BCUT2D eigenvalue weighted by atomic mass is 16.7. The van der Waals surface area contributed by atoms with E-state index in [0.29, 0.717) is 6.42 Å². The van der Waals surface area contributed by atoms with E-state index >= 15 is 0 Å². The topological polar surface area (TPSA) is 149 Å². The lowest BCUT2D eigenvalue weighted by Gasteiger charge is -2.40. The first kappa shape index (κ1) is 45.7. The van der Waals surface area contributed by atoms with Crippen molar-refractivity contribution in [2.75, 3.05) is 13.2 Å². The van der Waals surface area contributed by atoms with Gasteiger partial charge in [-0.3, -0.25) is 4.79 Å². The number of hydrogen-bond acceptors (Lipinski definition) is 8. The molecule has 0 aromatic heterocycles. The van der Waals surface area contributed by atoms with Gasteiger partial charge in [-0.1, -0.05) is 141 Å². The van der Waals surface area contributed by atoms with Crippen LogP contribution in [0.4, 0.5) is 0 Å². The molecule has 0 spiro atoms. The second-order valence-corrected chi connectivity index (χ2v) is 14.1. The van der Waals surface area contributed by atoms with Crippen molar-refractivity contribution in [3.8, 4) is 0 Å². The van der Waals surface area contributed by atoms with Gasteiger partial charge < -0.3 is 40.3 Å². The summed E-state index contributed by atoms with van der Waals surface area (Å²) < 4.78 is 11.2. The SMILES string of the molecule is CCCCCCCC/C=C\CCCCCC(=O)NC(COC1OC(CO)C(O)C(O)C1O)C(O)/C=C/CCCCCCCCCCCCC. The number of carbonyl (C=O) groups is 1. The van der Waals surface area contributed by atoms with Gasteiger partial charge in [-0.05, 0) is 44.9 Å². The summed E-state index contributed by atoms with van der Waals surface area (Å²) in [6.07, 6.45) is 27.9. The van der Waals surface area contributed by atoms with E-state index in [9.17, 15) is 30.3 Å². The van der Waals surface area contributed by atoms with E-state index in [-0.39, 0.29) is 12.5 Å². The molecule has 7 atom stereocenters. The van der Waals surface area contributed by atoms with Crippen molar-refractivity contribution in [1.82, 2.24) is 5.32 Å². The fourth-order valence-corrected chi connectivity index (χ4v) is 6.21. The van der Waals surface area contributed by atoms with Crippen molar-refractivity contribution in [1.29, 1.82) is 0 Å². The molecule has 1 heterocycles. The van der Waals surface area contributed by atoms with E-state index in [1.807, 2.05) is 6.08 Å². The van der Waals surface area contributed by atoms with Crippen LogP contribution in [0, 0.1) is 0 Å². The van der Waals surface area contributed by atoms with Crippen molar-refractivity contribution < 1.29 is 39.8 Å². The van der Waals surface area contributed by atoms with Crippen molar-refractivity contribution in [3.63, 3.8) is 0 Å². The van der Waals surface area contributed by atoms with Crippen LogP contribution in [0.15, 0.2) is 24.3 Å². The number of nitrogens with one attached hydrogen (secondary N) is 1. The third kappa shape index (κ3) is 23.0. The summed E-state index contributed by atoms with van der Waals surface area (Å²) >= 11 is 0. The van der Waals surface area contributed by atoms with Crippen LogP contribution in [0.1, 0.15) is 168 Å². The second-order valence-electron chi connectivity index (χ2n) is 14.1. The average Bonchev–Trinajstić information content (AvgIpc) is 3.10. The molecular weight excluding hydrogens is 622 g/mol. The summed E-state index contributed by atoms with van der Waals surface area (Å²) in [4.78, 5) is 12.9. The number of amides is 1. The summed E-state index contributed by atoms with van der Waals surface area (Å²) in [5, 5.41) is 53.9. The van der Waals surface area contributed by atoms with Crippen molar-refractivity contribution >= 4 is 5.91 Å². The minimum atomic E-state index is -1.56. The number of aliphatic hydroxyl groups excluding tert-OH is 5. The van der Waals surface area contributed by atoms with Crippen LogP contribution in [0.3, 0.4) is 0 Å². The molecule has 1 amide bonds. The Morgan fingerprint density at radius 1 is 0.673 bits per heavy atom. The van der Waals surface area contributed by atoms with E-state index < -0.39 is 49.5 Å². The lowest BCUT2D eigenvalue weighted by Crippen LogP contribution is -2.60. The molecule has 1 saturated heterocycles. The lowest BCUT2D eigenvalue weighted by atomic mass is 9.99. The molecular formula is C40H75NO8. The number of rotatable bonds is 32. The minimum Gasteiger partial charge on any atom is -0.394 e. The molecule has 7 unspecified atom stereocenters. The Hall–Kier alpha value is -1.33. The first-order valence-corrected chi connectivity index (χ1v) is 20.1.